The predicted molar refractivity (Wildman–Crippen MR) is 122 cm³/mol. The predicted octanol–water partition coefficient (Wildman–Crippen LogP) is 6.76. The zero-order valence-electron chi connectivity index (χ0n) is 15.7. The number of hydrogen-bond acceptors (Lipinski definition) is 2. The van der Waals surface area contributed by atoms with Gasteiger partial charge in [-0.25, -0.2) is 4.99 Å². The summed E-state index contributed by atoms with van der Waals surface area (Å²) in [5, 5.41) is 2.21. The lowest BCUT2D eigenvalue weighted by atomic mass is 10.1. The minimum atomic E-state index is 0.892. The molecular formula is C24H21BrN2S. The molecule has 1 heterocycles. The van der Waals surface area contributed by atoms with Gasteiger partial charge in [0.05, 0.1) is 11.4 Å². The molecule has 0 unspecified atom stereocenters. The number of para-hydroxylation sites is 1. The van der Waals surface area contributed by atoms with Gasteiger partial charge in [0.25, 0.3) is 0 Å². The fourth-order valence-electron chi connectivity index (χ4n) is 3.16. The first-order valence-corrected chi connectivity index (χ1v) is 11.0. The van der Waals surface area contributed by atoms with Crippen molar-refractivity contribution in [2.24, 2.45) is 4.99 Å². The minimum Gasteiger partial charge on any atom is -0.316 e. The maximum absolute atomic E-state index is 4.99. The molecule has 0 aliphatic carbocycles. The molecule has 4 rings (SSSR count). The van der Waals surface area contributed by atoms with Crippen molar-refractivity contribution in [2.75, 3.05) is 0 Å². The fourth-order valence-corrected chi connectivity index (χ4v) is 4.38. The SMILES string of the molecule is Cc1ccccc1N=c1scc(-c2ccc(Br)cc2)n1CCc1ccccc1. The topological polar surface area (TPSA) is 17.3 Å². The maximum Gasteiger partial charge on any atom is 0.190 e. The van der Waals surface area contributed by atoms with E-state index in [0.717, 1.165) is 27.9 Å². The Kier molecular flexibility index (Phi) is 5.89. The van der Waals surface area contributed by atoms with Gasteiger partial charge >= 0.3 is 0 Å². The molecule has 0 aliphatic rings. The van der Waals surface area contributed by atoms with Crippen LogP contribution in [0.4, 0.5) is 5.69 Å². The second-order valence-corrected chi connectivity index (χ2v) is 8.45. The monoisotopic (exact) mass is 448 g/mol. The first-order valence-electron chi connectivity index (χ1n) is 9.29. The Balaban J connectivity index is 1.77. The third kappa shape index (κ3) is 4.34. The second-order valence-electron chi connectivity index (χ2n) is 6.70. The Morgan fingerprint density at radius 1 is 0.893 bits per heavy atom. The van der Waals surface area contributed by atoms with Gasteiger partial charge in [-0.05, 0) is 48.2 Å². The first-order chi connectivity index (χ1) is 13.7. The summed E-state index contributed by atoms with van der Waals surface area (Å²) >= 11 is 5.23. The van der Waals surface area contributed by atoms with Gasteiger partial charge in [0.1, 0.15) is 0 Å². The molecule has 0 spiro atoms. The minimum absolute atomic E-state index is 0.892. The van der Waals surface area contributed by atoms with Gasteiger partial charge in [-0.1, -0.05) is 76.6 Å². The van der Waals surface area contributed by atoms with Gasteiger partial charge in [-0.2, -0.15) is 0 Å². The molecular weight excluding hydrogens is 428 g/mol. The molecule has 3 aromatic carbocycles. The lowest BCUT2D eigenvalue weighted by molar-refractivity contribution is 0.684. The van der Waals surface area contributed by atoms with E-state index in [4.69, 9.17) is 4.99 Å². The van der Waals surface area contributed by atoms with E-state index in [0.29, 0.717) is 0 Å². The largest absolute Gasteiger partial charge is 0.316 e. The van der Waals surface area contributed by atoms with Crippen LogP contribution < -0.4 is 4.80 Å². The summed E-state index contributed by atoms with van der Waals surface area (Å²) in [7, 11) is 0. The maximum atomic E-state index is 4.99. The van der Waals surface area contributed by atoms with Crippen LogP contribution in [-0.4, -0.2) is 4.57 Å². The van der Waals surface area contributed by atoms with E-state index in [1.165, 1.54) is 22.4 Å². The van der Waals surface area contributed by atoms with Gasteiger partial charge in [0.2, 0.25) is 0 Å². The van der Waals surface area contributed by atoms with Crippen LogP contribution in [0, 0.1) is 6.92 Å². The number of halogens is 1. The van der Waals surface area contributed by atoms with Gasteiger partial charge in [-0.3, -0.25) is 0 Å². The van der Waals surface area contributed by atoms with E-state index in [2.05, 4.69) is 106 Å². The smallest absolute Gasteiger partial charge is 0.190 e. The Morgan fingerprint density at radius 3 is 2.36 bits per heavy atom. The number of aryl methyl sites for hydroxylation is 2. The highest BCUT2D eigenvalue weighted by Gasteiger charge is 2.09. The van der Waals surface area contributed by atoms with Gasteiger partial charge in [-0.15, -0.1) is 11.3 Å². The Hall–Kier alpha value is -2.43. The van der Waals surface area contributed by atoms with E-state index in [1.54, 1.807) is 11.3 Å². The molecule has 0 bridgehead atoms. The number of thiazole rings is 1. The Morgan fingerprint density at radius 2 is 1.61 bits per heavy atom. The van der Waals surface area contributed by atoms with E-state index in [1.807, 2.05) is 6.07 Å². The van der Waals surface area contributed by atoms with Crippen LogP contribution in [0.2, 0.25) is 0 Å². The molecule has 0 aliphatic heterocycles. The first kappa shape index (κ1) is 18.9. The molecule has 4 heteroatoms. The third-order valence-corrected chi connectivity index (χ3v) is 6.13. The summed E-state index contributed by atoms with van der Waals surface area (Å²) in [4.78, 5) is 6.02. The number of nitrogens with zero attached hydrogens (tertiary/aromatic N) is 2. The molecule has 140 valence electrons. The van der Waals surface area contributed by atoms with Crippen molar-refractivity contribution in [1.82, 2.24) is 4.57 Å². The number of benzene rings is 3. The Bertz CT molecular complexity index is 1130. The Labute approximate surface area is 178 Å². The molecule has 0 radical (unpaired) electrons. The third-order valence-electron chi connectivity index (χ3n) is 4.74. The van der Waals surface area contributed by atoms with E-state index in [9.17, 15) is 0 Å². The van der Waals surface area contributed by atoms with Crippen molar-refractivity contribution in [1.29, 1.82) is 0 Å². The van der Waals surface area contributed by atoms with Crippen molar-refractivity contribution < 1.29 is 0 Å². The van der Waals surface area contributed by atoms with Crippen LogP contribution in [0.3, 0.4) is 0 Å². The summed E-state index contributed by atoms with van der Waals surface area (Å²) in [6, 6.07) is 27.4. The van der Waals surface area contributed by atoms with Crippen LogP contribution in [0.1, 0.15) is 11.1 Å². The summed E-state index contributed by atoms with van der Waals surface area (Å²) < 4.78 is 3.43. The highest BCUT2D eigenvalue weighted by atomic mass is 79.9. The lowest BCUT2D eigenvalue weighted by Gasteiger charge is -2.10. The molecule has 28 heavy (non-hydrogen) atoms. The van der Waals surface area contributed by atoms with Crippen LogP contribution in [0.5, 0.6) is 0 Å². The van der Waals surface area contributed by atoms with Crippen LogP contribution in [0.15, 0.2) is 93.7 Å². The second kappa shape index (κ2) is 8.72. The highest BCUT2D eigenvalue weighted by molar-refractivity contribution is 9.10. The van der Waals surface area contributed by atoms with Crippen LogP contribution in [0.25, 0.3) is 11.3 Å². The highest BCUT2D eigenvalue weighted by Crippen LogP contribution is 2.24. The lowest BCUT2D eigenvalue weighted by Crippen LogP contribution is -2.17. The molecule has 0 saturated heterocycles. The average molecular weight is 449 g/mol. The van der Waals surface area contributed by atoms with E-state index >= 15 is 0 Å². The molecule has 4 aromatic rings. The van der Waals surface area contributed by atoms with Crippen molar-refractivity contribution in [3.63, 3.8) is 0 Å². The van der Waals surface area contributed by atoms with E-state index in [-0.39, 0.29) is 0 Å². The summed E-state index contributed by atoms with van der Waals surface area (Å²) in [5.41, 5.74) is 5.97. The van der Waals surface area contributed by atoms with Crippen molar-refractivity contribution in [2.45, 2.75) is 19.9 Å². The molecule has 0 N–H and O–H groups in total. The molecule has 1 aromatic heterocycles. The van der Waals surface area contributed by atoms with E-state index < -0.39 is 0 Å². The summed E-state index contributed by atoms with van der Waals surface area (Å²) in [6.45, 7) is 3.00. The molecule has 0 saturated carbocycles. The van der Waals surface area contributed by atoms with Gasteiger partial charge < -0.3 is 4.57 Å². The zero-order chi connectivity index (χ0) is 19.3. The quantitative estimate of drug-likeness (QED) is 0.320. The normalized spacial score (nSPS) is 11.7. The summed E-state index contributed by atoms with van der Waals surface area (Å²) in [5.74, 6) is 0. The summed E-state index contributed by atoms with van der Waals surface area (Å²) in [6.07, 6.45) is 0.974. The molecule has 0 amide bonds. The van der Waals surface area contributed by atoms with Gasteiger partial charge in [0, 0.05) is 16.4 Å². The van der Waals surface area contributed by atoms with Crippen molar-refractivity contribution >= 4 is 33.0 Å². The average Bonchev–Trinajstić information content (AvgIpc) is 3.12. The molecule has 2 nitrogen and oxygen atoms in total. The van der Waals surface area contributed by atoms with Gasteiger partial charge in [0.15, 0.2) is 4.80 Å². The van der Waals surface area contributed by atoms with Crippen molar-refractivity contribution in [3.8, 4) is 11.3 Å². The number of hydrogen-bond donors (Lipinski definition) is 0. The zero-order valence-corrected chi connectivity index (χ0v) is 18.1. The number of rotatable bonds is 5. The molecule has 0 atom stereocenters. The number of aromatic nitrogens is 1. The fraction of sp³-hybridized carbons (Fsp3) is 0.125. The molecule has 0 fully saturated rings. The van der Waals surface area contributed by atoms with Crippen LogP contribution in [-0.2, 0) is 13.0 Å². The van der Waals surface area contributed by atoms with Crippen LogP contribution >= 0.6 is 27.3 Å². The standard InChI is InChI=1S/C24H21BrN2S/c1-18-7-5-6-10-22(18)26-24-27(16-15-19-8-3-2-4-9-19)23(17-28-24)20-11-13-21(25)14-12-20/h2-14,17H,15-16H2,1H3. The van der Waals surface area contributed by atoms with Crippen molar-refractivity contribution in [3.05, 3.63) is 105 Å².